The molecule has 0 unspecified atom stereocenters. The van der Waals surface area contributed by atoms with Gasteiger partial charge in [0, 0.05) is 31.1 Å². The van der Waals surface area contributed by atoms with Gasteiger partial charge in [-0.25, -0.2) is 0 Å². The number of fused-ring (bicyclic) bond motifs is 4. The highest BCUT2D eigenvalue weighted by molar-refractivity contribution is 5.67. The maximum absolute atomic E-state index is 11.5. The smallest absolute Gasteiger partial charge is 0.303 e. The number of hydrogen-bond acceptors (Lipinski definition) is 5. The minimum atomic E-state index is -0.427. The van der Waals surface area contributed by atoms with Crippen molar-refractivity contribution in [1.82, 2.24) is 0 Å². The van der Waals surface area contributed by atoms with Crippen LogP contribution in [0.1, 0.15) is 47.0 Å². The summed E-state index contributed by atoms with van der Waals surface area (Å²) in [5.41, 5.74) is 1.53. The van der Waals surface area contributed by atoms with Crippen molar-refractivity contribution < 1.29 is 23.8 Å². The number of allylic oxidation sites excluding steroid dienone is 1. The second-order valence-corrected chi connectivity index (χ2v) is 7.65. The SMILES string of the molecule is C=C1[C@@H]2O[C@@H]3C=C(C)CC[C@]3(C)[C@@]1(COC(C)=O)C[C@H]2OC(C)=O. The van der Waals surface area contributed by atoms with Crippen molar-refractivity contribution in [3.05, 3.63) is 23.8 Å². The molecule has 0 N–H and O–H groups in total. The fraction of sp³-hybridized carbons (Fsp3) is 0.684. The monoisotopic (exact) mass is 334 g/mol. The first-order chi connectivity index (χ1) is 11.2. The Morgan fingerprint density at radius 1 is 1.38 bits per heavy atom. The third-order valence-corrected chi connectivity index (χ3v) is 6.17. The Labute approximate surface area is 143 Å². The standard InChI is InChI=1S/C19H26O5/c1-11-6-7-18(5)16(8-11)24-17-12(2)19(18,10-22-13(3)20)9-15(17)23-14(4)21/h8,15-17H,2,6-7,9-10H2,1,3-5H3/t15-,16-,17+,18+,19-/m1/s1. The van der Waals surface area contributed by atoms with E-state index in [4.69, 9.17) is 14.2 Å². The first kappa shape index (κ1) is 17.2. The van der Waals surface area contributed by atoms with Gasteiger partial charge >= 0.3 is 11.9 Å². The summed E-state index contributed by atoms with van der Waals surface area (Å²) in [6.45, 7) is 11.6. The molecule has 24 heavy (non-hydrogen) atoms. The summed E-state index contributed by atoms with van der Waals surface area (Å²) in [5.74, 6) is -0.634. The molecule has 3 rings (SSSR count). The minimum absolute atomic E-state index is 0.0853. The third kappa shape index (κ3) is 2.41. The molecule has 0 aromatic rings. The normalized spacial score (nSPS) is 40.6. The zero-order chi connectivity index (χ0) is 17.7. The van der Waals surface area contributed by atoms with Crippen LogP contribution in [-0.4, -0.2) is 36.9 Å². The van der Waals surface area contributed by atoms with Crippen LogP contribution in [0.15, 0.2) is 23.8 Å². The Morgan fingerprint density at radius 2 is 2.08 bits per heavy atom. The molecule has 5 atom stereocenters. The van der Waals surface area contributed by atoms with Gasteiger partial charge in [-0.2, -0.15) is 0 Å². The van der Waals surface area contributed by atoms with Crippen LogP contribution in [-0.2, 0) is 23.8 Å². The molecule has 2 bridgehead atoms. The van der Waals surface area contributed by atoms with Gasteiger partial charge in [0.2, 0.25) is 0 Å². The topological polar surface area (TPSA) is 61.8 Å². The van der Waals surface area contributed by atoms with Crippen molar-refractivity contribution in [2.75, 3.05) is 6.61 Å². The van der Waals surface area contributed by atoms with E-state index in [-0.39, 0.29) is 42.3 Å². The number of hydrogen-bond donors (Lipinski definition) is 0. The van der Waals surface area contributed by atoms with Gasteiger partial charge in [0.1, 0.15) is 18.8 Å². The molecule has 0 aromatic heterocycles. The molecule has 0 aromatic carbocycles. The van der Waals surface area contributed by atoms with Gasteiger partial charge in [-0.05, 0) is 25.3 Å². The maximum atomic E-state index is 11.5. The zero-order valence-electron chi connectivity index (χ0n) is 14.9. The van der Waals surface area contributed by atoms with Crippen molar-refractivity contribution in [2.45, 2.75) is 65.3 Å². The predicted molar refractivity (Wildman–Crippen MR) is 88.1 cm³/mol. The van der Waals surface area contributed by atoms with Crippen molar-refractivity contribution >= 4 is 11.9 Å². The third-order valence-electron chi connectivity index (χ3n) is 6.17. The van der Waals surface area contributed by atoms with Gasteiger partial charge in [0.25, 0.3) is 0 Å². The number of ether oxygens (including phenoxy) is 3. The summed E-state index contributed by atoms with van der Waals surface area (Å²) in [5, 5.41) is 0. The summed E-state index contributed by atoms with van der Waals surface area (Å²) >= 11 is 0. The van der Waals surface area contributed by atoms with Crippen LogP contribution in [0.2, 0.25) is 0 Å². The Morgan fingerprint density at radius 3 is 2.71 bits per heavy atom. The molecule has 5 heteroatoms. The van der Waals surface area contributed by atoms with E-state index in [1.807, 2.05) is 0 Å². The molecular weight excluding hydrogens is 308 g/mol. The molecule has 5 nitrogen and oxygen atoms in total. The van der Waals surface area contributed by atoms with Gasteiger partial charge in [-0.1, -0.05) is 25.2 Å². The van der Waals surface area contributed by atoms with E-state index in [2.05, 4.69) is 26.5 Å². The van der Waals surface area contributed by atoms with E-state index in [0.717, 1.165) is 18.4 Å². The number of rotatable bonds is 3. The van der Waals surface area contributed by atoms with Crippen LogP contribution in [0.25, 0.3) is 0 Å². The van der Waals surface area contributed by atoms with Crippen LogP contribution in [0.3, 0.4) is 0 Å². The van der Waals surface area contributed by atoms with Gasteiger partial charge in [-0.15, -0.1) is 0 Å². The average Bonchev–Trinajstić information content (AvgIpc) is 2.68. The molecule has 1 aliphatic heterocycles. The lowest BCUT2D eigenvalue weighted by Crippen LogP contribution is -2.56. The summed E-state index contributed by atoms with van der Waals surface area (Å²) in [6.07, 6.45) is 3.86. The van der Waals surface area contributed by atoms with Crippen LogP contribution in [0.5, 0.6) is 0 Å². The summed E-state index contributed by atoms with van der Waals surface area (Å²) in [6, 6.07) is 0. The molecule has 0 amide bonds. The molecule has 132 valence electrons. The maximum Gasteiger partial charge on any atom is 0.303 e. The molecule has 0 spiro atoms. The molecule has 1 heterocycles. The number of esters is 2. The summed E-state index contributed by atoms with van der Waals surface area (Å²) in [4.78, 5) is 23.0. The van der Waals surface area contributed by atoms with Gasteiger partial charge in [-0.3, -0.25) is 9.59 Å². The Bertz CT molecular complexity index is 621. The molecule has 3 aliphatic rings. The quantitative estimate of drug-likeness (QED) is 0.586. The molecule has 2 aliphatic carbocycles. The summed E-state index contributed by atoms with van der Waals surface area (Å²) in [7, 11) is 0. The Hall–Kier alpha value is -1.62. The van der Waals surface area contributed by atoms with Crippen LogP contribution >= 0.6 is 0 Å². The van der Waals surface area contributed by atoms with Gasteiger partial charge in [0.05, 0.1) is 6.10 Å². The highest BCUT2D eigenvalue weighted by Crippen LogP contribution is 2.64. The Balaban J connectivity index is 2.03. The average molecular weight is 334 g/mol. The zero-order valence-corrected chi connectivity index (χ0v) is 14.9. The largest absolute Gasteiger partial charge is 0.465 e. The lowest BCUT2D eigenvalue weighted by atomic mass is 9.54. The van der Waals surface area contributed by atoms with E-state index in [1.165, 1.54) is 19.4 Å². The molecular formula is C19H26O5. The Kier molecular flexibility index (Phi) is 4.11. The number of carbonyl (C=O) groups excluding carboxylic acids is 2. The second-order valence-electron chi connectivity index (χ2n) is 7.65. The van der Waals surface area contributed by atoms with E-state index >= 15 is 0 Å². The van der Waals surface area contributed by atoms with Crippen molar-refractivity contribution in [3.8, 4) is 0 Å². The molecule has 2 fully saturated rings. The van der Waals surface area contributed by atoms with Crippen molar-refractivity contribution in [3.63, 3.8) is 0 Å². The summed E-state index contributed by atoms with van der Waals surface area (Å²) < 4.78 is 17.3. The molecule has 1 saturated carbocycles. The van der Waals surface area contributed by atoms with Crippen molar-refractivity contribution in [2.24, 2.45) is 10.8 Å². The minimum Gasteiger partial charge on any atom is -0.465 e. The predicted octanol–water partition coefficient (Wildman–Crippen LogP) is 2.94. The van der Waals surface area contributed by atoms with E-state index < -0.39 is 5.41 Å². The van der Waals surface area contributed by atoms with Crippen molar-refractivity contribution in [1.29, 1.82) is 0 Å². The first-order valence-corrected chi connectivity index (χ1v) is 8.52. The lowest BCUT2D eigenvalue weighted by Gasteiger charge is -2.55. The van der Waals surface area contributed by atoms with Crippen LogP contribution in [0, 0.1) is 10.8 Å². The molecule has 0 radical (unpaired) electrons. The second kappa shape index (κ2) is 5.73. The molecule has 1 saturated heterocycles. The fourth-order valence-corrected chi connectivity index (χ4v) is 4.69. The van der Waals surface area contributed by atoms with Crippen LogP contribution in [0.4, 0.5) is 0 Å². The van der Waals surface area contributed by atoms with Gasteiger partial charge in [0.15, 0.2) is 0 Å². The van der Waals surface area contributed by atoms with Crippen LogP contribution < -0.4 is 0 Å². The lowest BCUT2D eigenvalue weighted by molar-refractivity contribution is -0.161. The van der Waals surface area contributed by atoms with E-state index in [1.54, 1.807) is 0 Å². The van der Waals surface area contributed by atoms with E-state index in [9.17, 15) is 9.59 Å². The number of carbonyl (C=O) groups is 2. The first-order valence-electron chi connectivity index (χ1n) is 8.52. The van der Waals surface area contributed by atoms with E-state index in [0.29, 0.717) is 6.42 Å². The fourth-order valence-electron chi connectivity index (χ4n) is 4.69. The highest BCUT2D eigenvalue weighted by atomic mass is 16.6. The van der Waals surface area contributed by atoms with Gasteiger partial charge < -0.3 is 14.2 Å². The highest BCUT2D eigenvalue weighted by Gasteiger charge is 2.67.